The van der Waals surface area contributed by atoms with E-state index in [1.165, 1.54) is 4.90 Å². The molecule has 1 N–H and O–H groups in total. The van der Waals surface area contributed by atoms with Crippen LogP contribution in [-0.4, -0.2) is 30.2 Å². The molecule has 1 aromatic rings. The maximum Gasteiger partial charge on any atom is 0.299 e. The largest absolute Gasteiger partial charge is 0.352 e. The van der Waals surface area contributed by atoms with E-state index in [9.17, 15) is 14.4 Å². The highest BCUT2D eigenvalue weighted by atomic mass is 16.2. The van der Waals surface area contributed by atoms with Gasteiger partial charge in [0.15, 0.2) is 0 Å². The Balaban J connectivity index is 2.26. The third-order valence-electron chi connectivity index (χ3n) is 2.88. The third-order valence-corrected chi connectivity index (χ3v) is 2.88. The highest BCUT2D eigenvalue weighted by molar-refractivity contribution is 6.52. The molecule has 19 heavy (non-hydrogen) atoms. The summed E-state index contributed by atoms with van der Waals surface area (Å²) < 4.78 is 0. The molecule has 1 heterocycles. The van der Waals surface area contributed by atoms with E-state index in [0.29, 0.717) is 11.3 Å². The molecule has 1 aliphatic heterocycles. The van der Waals surface area contributed by atoms with Crippen molar-refractivity contribution in [2.24, 2.45) is 0 Å². The molecule has 1 aliphatic rings. The number of ketones is 1. The van der Waals surface area contributed by atoms with Crippen molar-refractivity contribution in [1.82, 2.24) is 5.32 Å². The number of amides is 2. The van der Waals surface area contributed by atoms with Gasteiger partial charge in [-0.1, -0.05) is 11.6 Å². The van der Waals surface area contributed by atoms with Crippen molar-refractivity contribution in [2.75, 3.05) is 11.4 Å². The van der Waals surface area contributed by atoms with Crippen molar-refractivity contribution in [3.05, 3.63) is 29.3 Å². The molecule has 0 unspecified atom stereocenters. The molecular weight excluding hydrogens is 244 g/mol. The van der Waals surface area contributed by atoms with Crippen LogP contribution in [-0.2, 0) is 9.59 Å². The lowest BCUT2D eigenvalue weighted by Crippen LogP contribution is -2.42. The molecule has 2 rings (SSSR count). The van der Waals surface area contributed by atoms with E-state index in [1.807, 2.05) is 26.8 Å². The van der Waals surface area contributed by atoms with Crippen molar-refractivity contribution < 1.29 is 14.4 Å². The molecule has 100 valence electrons. The number of nitrogens with one attached hydrogen (secondary N) is 1. The lowest BCUT2D eigenvalue weighted by molar-refractivity contribution is -0.122. The number of fused-ring (bicyclic) bond motifs is 1. The summed E-state index contributed by atoms with van der Waals surface area (Å²) in [6.07, 6.45) is 0. The fraction of sp³-hybridized carbons (Fsp3) is 0.357. The minimum Gasteiger partial charge on any atom is -0.352 e. The lowest BCUT2D eigenvalue weighted by Gasteiger charge is -2.17. The van der Waals surface area contributed by atoms with E-state index < -0.39 is 11.7 Å². The van der Waals surface area contributed by atoms with Crippen LogP contribution in [0.1, 0.15) is 29.8 Å². The van der Waals surface area contributed by atoms with Gasteiger partial charge in [0.2, 0.25) is 5.91 Å². The van der Waals surface area contributed by atoms with Crippen LogP contribution in [0, 0.1) is 6.92 Å². The predicted octanol–water partition coefficient (Wildman–Crippen LogP) is 1.05. The standard InChI is InChI=1S/C14H16N2O3/c1-8(2)15-12(17)7-16-11-5-4-9(3)6-10(11)13(18)14(16)19/h4-6,8H,7H2,1-3H3,(H,15,17). The van der Waals surface area contributed by atoms with E-state index >= 15 is 0 Å². The Morgan fingerprint density at radius 2 is 2.00 bits per heavy atom. The number of Topliss-reactive ketones (excluding diaryl/α,β-unsaturated/α-hetero) is 1. The minimum absolute atomic E-state index is 0.00149. The summed E-state index contributed by atoms with van der Waals surface area (Å²) in [5.74, 6) is -1.46. The molecule has 1 aromatic carbocycles. The van der Waals surface area contributed by atoms with Gasteiger partial charge in [-0.25, -0.2) is 0 Å². The first-order chi connectivity index (χ1) is 8.90. The molecule has 0 atom stereocenters. The fourth-order valence-corrected chi connectivity index (χ4v) is 2.08. The molecule has 0 saturated heterocycles. The Labute approximate surface area is 111 Å². The van der Waals surface area contributed by atoms with Crippen molar-refractivity contribution >= 4 is 23.3 Å². The number of benzene rings is 1. The number of aryl methyl sites for hydroxylation is 1. The van der Waals surface area contributed by atoms with E-state index in [0.717, 1.165) is 5.56 Å². The first kappa shape index (κ1) is 13.3. The van der Waals surface area contributed by atoms with Crippen LogP contribution in [0.4, 0.5) is 5.69 Å². The summed E-state index contributed by atoms with van der Waals surface area (Å²) in [6.45, 7) is 5.41. The van der Waals surface area contributed by atoms with Crippen LogP contribution >= 0.6 is 0 Å². The van der Waals surface area contributed by atoms with Crippen LogP contribution in [0.2, 0.25) is 0 Å². The maximum absolute atomic E-state index is 11.9. The topological polar surface area (TPSA) is 66.5 Å². The van der Waals surface area contributed by atoms with Crippen molar-refractivity contribution in [3.8, 4) is 0 Å². The molecule has 0 bridgehead atoms. The smallest absolute Gasteiger partial charge is 0.299 e. The Hall–Kier alpha value is -2.17. The second-order valence-corrected chi connectivity index (χ2v) is 4.96. The van der Waals surface area contributed by atoms with Crippen molar-refractivity contribution in [1.29, 1.82) is 0 Å². The van der Waals surface area contributed by atoms with Gasteiger partial charge in [-0.05, 0) is 32.9 Å². The molecule has 0 aliphatic carbocycles. The average Bonchev–Trinajstić information content (AvgIpc) is 2.53. The van der Waals surface area contributed by atoms with Crippen LogP contribution in [0.3, 0.4) is 0 Å². The summed E-state index contributed by atoms with van der Waals surface area (Å²) >= 11 is 0. The summed E-state index contributed by atoms with van der Waals surface area (Å²) in [6, 6.07) is 5.20. The second kappa shape index (κ2) is 4.84. The molecule has 0 spiro atoms. The summed E-state index contributed by atoms with van der Waals surface area (Å²) in [5.41, 5.74) is 1.80. The number of anilines is 1. The molecule has 2 amide bonds. The van der Waals surface area contributed by atoms with Gasteiger partial charge in [0.05, 0.1) is 11.3 Å². The quantitative estimate of drug-likeness (QED) is 0.826. The van der Waals surface area contributed by atoms with Crippen LogP contribution in [0.5, 0.6) is 0 Å². The molecule has 5 heteroatoms. The number of hydrogen-bond acceptors (Lipinski definition) is 3. The van der Waals surface area contributed by atoms with Gasteiger partial charge in [-0.15, -0.1) is 0 Å². The summed E-state index contributed by atoms with van der Waals surface area (Å²) in [5, 5.41) is 2.70. The molecular formula is C14H16N2O3. The Morgan fingerprint density at radius 1 is 1.32 bits per heavy atom. The first-order valence-electron chi connectivity index (χ1n) is 6.16. The zero-order valence-corrected chi connectivity index (χ0v) is 11.2. The predicted molar refractivity (Wildman–Crippen MR) is 71.1 cm³/mol. The van der Waals surface area contributed by atoms with Crippen molar-refractivity contribution in [3.63, 3.8) is 0 Å². The molecule has 0 aromatic heterocycles. The van der Waals surface area contributed by atoms with Gasteiger partial charge in [0.25, 0.3) is 11.7 Å². The van der Waals surface area contributed by atoms with Gasteiger partial charge < -0.3 is 5.32 Å². The van der Waals surface area contributed by atoms with E-state index in [1.54, 1.807) is 12.1 Å². The van der Waals surface area contributed by atoms with Crippen LogP contribution in [0.15, 0.2) is 18.2 Å². The molecule has 5 nitrogen and oxygen atoms in total. The van der Waals surface area contributed by atoms with E-state index in [2.05, 4.69) is 5.32 Å². The number of nitrogens with zero attached hydrogens (tertiary/aromatic N) is 1. The SMILES string of the molecule is Cc1ccc2c(c1)C(=O)C(=O)N2CC(=O)NC(C)C. The van der Waals surface area contributed by atoms with Crippen LogP contribution in [0.25, 0.3) is 0 Å². The number of rotatable bonds is 3. The first-order valence-corrected chi connectivity index (χ1v) is 6.16. The van der Waals surface area contributed by atoms with Gasteiger partial charge in [0, 0.05) is 6.04 Å². The summed E-state index contributed by atoms with van der Waals surface area (Å²) in [4.78, 5) is 36.7. The van der Waals surface area contributed by atoms with Gasteiger partial charge >= 0.3 is 0 Å². The highest BCUT2D eigenvalue weighted by Crippen LogP contribution is 2.29. The Kier molecular flexibility index (Phi) is 3.38. The average molecular weight is 260 g/mol. The van der Waals surface area contributed by atoms with E-state index in [4.69, 9.17) is 0 Å². The summed E-state index contributed by atoms with van der Waals surface area (Å²) in [7, 11) is 0. The maximum atomic E-state index is 11.9. The van der Waals surface area contributed by atoms with Crippen LogP contribution < -0.4 is 10.2 Å². The minimum atomic E-state index is -0.639. The fourth-order valence-electron chi connectivity index (χ4n) is 2.08. The Bertz CT molecular complexity index is 564. The number of hydrogen-bond donors (Lipinski definition) is 1. The third kappa shape index (κ3) is 2.50. The van der Waals surface area contributed by atoms with Gasteiger partial charge in [-0.2, -0.15) is 0 Å². The van der Waals surface area contributed by atoms with Gasteiger partial charge in [-0.3, -0.25) is 19.3 Å². The lowest BCUT2D eigenvalue weighted by atomic mass is 10.1. The molecule has 0 radical (unpaired) electrons. The normalized spacial score (nSPS) is 14.0. The molecule has 0 fully saturated rings. The van der Waals surface area contributed by atoms with E-state index in [-0.39, 0.29) is 18.5 Å². The van der Waals surface area contributed by atoms with Gasteiger partial charge in [0.1, 0.15) is 6.54 Å². The van der Waals surface area contributed by atoms with Crippen molar-refractivity contribution in [2.45, 2.75) is 26.8 Å². The highest BCUT2D eigenvalue weighted by Gasteiger charge is 2.36. The Morgan fingerprint density at radius 3 is 2.63 bits per heavy atom. The number of carbonyl (C=O) groups excluding carboxylic acids is 3. The zero-order chi connectivity index (χ0) is 14.2. The molecule has 0 saturated carbocycles. The zero-order valence-electron chi connectivity index (χ0n) is 11.2. The second-order valence-electron chi connectivity index (χ2n) is 4.96. The number of carbonyl (C=O) groups is 3. The monoisotopic (exact) mass is 260 g/mol.